The molecular formula is C17H25NO. The highest BCUT2D eigenvalue weighted by Gasteiger charge is 2.37. The first-order valence-electron chi connectivity index (χ1n) is 7.37. The van der Waals surface area contributed by atoms with Crippen molar-refractivity contribution in [1.82, 2.24) is 5.32 Å². The smallest absolute Gasteiger partial charge is 0.143 e. The molecule has 1 N–H and O–H groups in total. The largest absolute Gasteiger partial charge is 0.317 e. The van der Waals surface area contributed by atoms with Crippen LogP contribution in [0.3, 0.4) is 0 Å². The van der Waals surface area contributed by atoms with Crippen molar-refractivity contribution in [1.29, 1.82) is 0 Å². The number of Topliss-reactive ketones (excluding diaryl/α,β-unsaturated/α-hetero) is 1. The molecule has 2 heteroatoms. The Balaban J connectivity index is 2.17. The summed E-state index contributed by atoms with van der Waals surface area (Å²) in [6.45, 7) is 8.31. The van der Waals surface area contributed by atoms with Crippen molar-refractivity contribution in [2.75, 3.05) is 13.1 Å². The second-order valence-electron chi connectivity index (χ2n) is 5.91. The van der Waals surface area contributed by atoms with Crippen molar-refractivity contribution in [3.8, 4) is 0 Å². The fourth-order valence-corrected chi connectivity index (χ4v) is 3.09. The average molecular weight is 259 g/mol. The Bertz CT molecular complexity index is 458. The SMILES string of the molecule is CCC1(C(=O)Cc2cc(C)ccc2C)CCNCC1. The van der Waals surface area contributed by atoms with Gasteiger partial charge < -0.3 is 5.32 Å². The van der Waals surface area contributed by atoms with Gasteiger partial charge in [0, 0.05) is 11.8 Å². The van der Waals surface area contributed by atoms with Gasteiger partial charge in [-0.25, -0.2) is 0 Å². The molecule has 2 nitrogen and oxygen atoms in total. The van der Waals surface area contributed by atoms with Crippen LogP contribution >= 0.6 is 0 Å². The van der Waals surface area contributed by atoms with Crippen LogP contribution in [0.2, 0.25) is 0 Å². The number of rotatable bonds is 4. The van der Waals surface area contributed by atoms with E-state index in [4.69, 9.17) is 0 Å². The monoisotopic (exact) mass is 259 g/mol. The molecule has 0 aliphatic carbocycles. The van der Waals surface area contributed by atoms with E-state index in [1.165, 1.54) is 16.7 Å². The molecule has 0 unspecified atom stereocenters. The van der Waals surface area contributed by atoms with E-state index in [1.807, 2.05) is 0 Å². The molecule has 1 saturated heterocycles. The first-order valence-corrected chi connectivity index (χ1v) is 7.37. The Kier molecular flexibility index (Phi) is 4.41. The molecule has 0 bridgehead atoms. The Labute approximate surface area is 116 Å². The fraction of sp³-hybridized carbons (Fsp3) is 0.588. The lowest BCUT2D eigenvalue weighted by Crippen LogP contribution is -2.42. The normalized spacial score (nSPS) is 18.3. The van der Waals surface area contributed by atoms with Crippen LogP contribution in [-0.4, -0.2) is 18.9 Å². The summed E-state index contributed by atoms with van der Waals surface area (Å²) in [6, 6.07) is 6.40. The molecule has 0 saturated carbocycles. The summed E-state index contributed by atoms with van der Waals surface area (Å²) in [4.78, 5) is 12.8. The lowest BCUT2D eigenvalue weighted by atomic mass is 9.71. The van der Waals surface area contributed by atoms with Gasteiger partial charge in [0.15, 0.2) is 0 Å². The second kappa shape index (κ2) is 5.87. The molecule has 0 spiro atoms. The van der Waals surface area contributed by atoms with Gasteiger partial charge in [-0.2, -0.15) is 0 Å². The summed E-state index contributed by atoms with van der Waals surface area (Å²) in [5, 5.41) is 3.36. The van der Waals surface area contributed by atoms with E-state index in [9.17, 15) is 4.79 Å². The van der Waals surface area contributed by atoms with Crippen LogP contribution in [0.1, 0.15) is 42.9 Å². The number of hydrogen-bond donors (Lipinski definition) is 1. The third-order valence-electron chi connectivity index (χ3n) is 4.68. The zero-order valence-electron chi connectivity index (χ0n) is 12.4. The van der Waals surface area contributed by atoms with Crippen molar-refractivity contribution in [3.05, 3.63) is 34.9 Å². The van der Waals surface area contributed by atoms with Gasteiger partial charge in [-0.05, 0) is 57.3 Å². The lowest BCUT2D eigenvalue weighted by Gasteiger charge is -2.35. The minimum Gasteiger partial charge on any atom is -0.317 e. The molecule has 0 amide bonds. The predicted molar refractivity (Wildman–Crippen MR) is 79.5 cm³/mol. The van der Waals surface area contributed by atoms with Crippen LogP contribution < -0.4 is 5.32 Å². The van der Waals surface area contributed by atoms with Crippen molar-refractivity contribution in [2.45, 2.75) is 46.5 Å². The van der Waals surface area contributed by atoms with E-state index < -0.39 is 0 Å². The standard InChI is InChI=1S/C17H25NO/c1-4-17(7-9-18-10-8-17)16(19)12-15-11-13(2)5-6-14(15)3/h5-6,11,18H,4,7-10,12H2,1-3H3. The van der Waals surface area contributed by atoms with E-state index >= 15 is 0 Å². The summed E-state index contributed by atoms with van der Waals surface area (Å²) >= 11 is 0. The number of carbonyl (C=O) groups excluding carboxylic acids is 1. The van der Waals surface area contributed by atoms with Gasteiger partial charge >= 0.3 is 0 Å². The molecule has 1 aliphatic rings. The average Bonchev–Trinajstić information content (AvgIpc) is 2.43. The highest BCUT2D eigenvalue weighted by atomic mass is 16.1. The number of carbonyl (C=O) groups is 1. The maximum absolute atomic E-state index is 12.8. The number of nitrogens with one attached hydrogen (secondary N) is 1. The van der Waals surface area contributed by atoms with Crippen LogP contribution in [0, 0.1) is 19.3 Å². The van der Waals surface area contributed by atoms with Gasteiger partial charge in [-0.1, -0.05) is 30.7 Å². The van der Waals surface area contributed by atoms with E-state index in [1.54, 1.807) is 0 Å². The minimum atomic E-state index is -0.0819. The zero-order valence-corrected chi connectivity index (χ0v) is 12.4. The molecule has 1 aromatic rings. The van der Waals surface area contributed by atoms with E-state index in [-0.39, 0.29) is 5.41 Å². The predicted octanol–water partition coefficient (Wildman–Crippen LogP) is 3.19. The Morgan fingerprint density at radius 2 is 1.95 bits per heavy atom. The molecule has 0 aromatic heterocycles. The molecular weight excluding hydrogens is 234 g/mol. The minimum absolute atomic E-state index is 0.0819. The third-order valence-corrected chi connectivity index (χ3v) is 4.68. The quantitative estimate of drug-likeness (QED) is 0.899. The Morgan fingerprint density at radius 3 is 2.58 bits per heavy atom. The Hall–Kier alpha value is -1.15. The first kappa shape index (κ1) is 14.3. The summed E-state index contributed by atoms with van der Waals surface area (Å²) in [6.07, 6.45) is 3.56. The van der Waals surface area contributed by atoms with Crippen LogP contribution in [0.5, 0.6) is 0 Å². The van der Waals surface area contributed by atoms with Crippen molar-refractivity contribution < 1.29 is 4.79 Å². The third kappa shape index (κ3) is 3.06. The van der Waals surface area contributed by atoms with Crippen LogP contribution in [-0.2, 0) is 11.2 Å². The summed E-state index contributed by atoms with van der Waals surface area (Å²) in [5.41, 5.74) is 3.60. The highest BCUT2D eigenvalue weighted by Crippen LogP contribution is 2.35. The van der Waals surface area contributed by atoms with Gasteiger partial charge in [0.2, 0.25) is 0 Å². The maximum atomic E-state index is 12.8. The number of aryl methyl sites for hydroxylation is 2. The summed E-state index contributed by atoms with van der Waals surface area (Å²) in [7, 11) is 0. The van der Waals surface area contributed by atoms with E-state index in [0.29, 0.717) is 12.2 Å². The van der Waals surface area contributed by atoms with Crippen molar-refractivity contribution >= 4 is 5.78 Å². The molecule has 0 atom stereocenters. The van der Waals surface area contributed by atoms with Crippen LogP contribution in [0.4, 0.5) is 0 Å². The molecule has 0 radical (unpaired) electrons. The highest BCUT2D eigenvalue weighted by molar-refractivity contribution is 5.87. The summed E-state index contributed by atoms with van der Waals surface area (Å²) < 4.78 is 0. The molecule has 1 fully saturated rings. The summed E-state index contributed by atoms with van der Waals surface area (Å²) in [5.74, 6) is 0.435. The molecule has 1 heterocycles. The van der Waals surface area contributed by atoms with Crippen LogP contribution in [0.15, 0.2) is 18.2 Å². The van der Waals surface area contributed by atoms with Crippen molar-refractivity contribution in [3.63, 3.8) is 0 Å². The number of benzene rings is 1. The van der Waals surface area contributed by atoms with E-state index in [0.717, 1.165) is 32.4 Å². The molecule has 1 aromatic carbocycles. The Morgan fingerprint density at radius 1 is 1.26 bits per heavy atom. The van der Waals surface area contributed by atoms with Gasteiger partial charge in [0.05, 0.1) is 0 Å². The van der Waals surface area contributed by atoms with E-state index in [2.05, 4.69) is 44.3 Å². The number of piperidine rings is 1. The fourth-order valence-electron chi connectivity index (χ4n) is 3.09. The molecule has 2 rings (SSSR count). The van der Waals surface area contributed by atoms with Crippen LogP contribution in [0.25, 0.3) is 0 Å². The van der Waals surface area contributed by atoms with Gasteiger partial charge in [-0.15, -0.1) is 0 Å². The zero-order chi connectivity index (χ0) is 13.9. The number of ketones is 1. The van der Waals surface area contributed by atoms with Gasteiger partial charge in [-0.3, -0.25) is 4.79 Å². The molecule has 1 aliphatic heterocycles. The lowest BCUT2D eigenvalue weighted by molar-refractivity contribution is -0.129. The van der Waals surface area contributed by atoms with Crippen molar-refractivity contribution in [2.24, 2.45) is 5.41 Å². The molecule has 104 valence electrons. The molecule has 19 heavy (non-hydrogen) atoms. The second-order valence-corrected chi connectivity index (χ2v) is 5.91. The number of hydrogen-bond acceptors (Lipinski definition) is 2. The van der Waals surface area contributed by atoms with Gasteiger partial charge in [0.1, 0.15) is 5.78 Å². The first-order chi connectivity index (χ1) is 9.07. The van der Waals surface area contributed by atoms with Gasteiger partial charge in [0.25, 0.3) is 0 Å². The maximum Gasteiger partial charge on any atom is 0.143 e. The topological polar surface area (TPSA) is 29.1 Å².